The zero-order chi connectivity index (χ0) is 13.4. The Labute approximate surface area is 108 Å². The van der Waals surface area contributed by atoms with E-state index in [-0.39, 0.29) is 5.97 Å². The van der Waals surface area contributed by atoms with Crippen LogP contribution in [0.2, 0.25) is 0 Å². The van der Waals surface area contributed by atoms with E-state index in [9.17, 15) is 4.79 Å². The van der Waals surface area contributed by atoms with Gasteiger partial charge in [0.25, 0.3) is 0 Å². The van der Waals surface area contributed by atoms with Crippen LogP contribution in [0.4, 0.5) is 0 Å². The third-order valence-corrected chi connectivity index (χ3v) is 2.43. The molecule has 0 N–H and O–H groups in total. The molecule has 0 aromatic carbocycles. The minimum atomic E-state index is -0.348. The first-order valence-electron chi connectivity index (χ1n) is 6.23. The zero-order valence-electron chi connectivity index (χ0n) is 11.2. The molecule has 0 atom stereocenters. The predicted octanol–water partition coefficient (Wildman–Crippen LogP) is 1.79. The monoisotopic (exact) mass is 252 g/mol. The van der Waals surface area contributed by atoms with Crippen molar-refractivity contribution in [1.29, 1.82) is 0 Å². The lowest BCUT2D eigenvalue weighted by atomic mass is 10.1. The Morgan fingerprint density at radius 2 is 2.11 bits per heavy atom. The third kappa shape index (κ3) is 4.07. The van der Waals surface area contributed by atoms with Crippen molar-refractivity contribution in [1.82, 2.24) is 9.97 Å². The van der Waals surface area contributed by atoms with Gasteiger partial charge in [0, 0.05) is 19.7 Å². The Hall–Kier alpha value is -1.49. The number of methoxy groups -OCH3 is 1. The molecule has 0 saturated carbocycles. The highest BCUT2D eigenvalue weighted by Crippen LogP contribution is 2.10. The first-order valence-corrected chi connectivity index (χ1v) is 6.23. The molecule has 1 rings (SSSR count). The van der Waals surface area contributed by atoms with Crippen molar-refractivity contribution in [3.63, 3.8) is 0 Å². The molecule has 0 unspecified atom stereocenters. The number of carbonyl (C=O) groups is 1. The van der Waals surface area contributed by atoms with Crippen molar-refractivity contribution in [2.75, 3.05) is 20.3 Å². The number of esters is 1. The van der Waals surface area contributed by atoms with E-state index in [1.807, 2.05) is 6.92 Å². The fourth-order valence-corrected chi connectivity index (χ4v) is 1.58. The van der Waals surface area contributed by atoms with E-state index in [0.29, 0.717) is 31.0 Å². The van der Waals surface area contributed by atoms with Gasteiger partial charge in [-0.25, -0.2) is 14.8 Å². The van der Waals surface area contributed by atoms with Gasteiger partial charge in [0.1, 0.15) is 5.82 Å². The Bertz CT molecular complexity index is 394. The van der Waals surface area contributed by atoms with Crippen LogP contribution in [0, 0.1) is 0 Å². The molecule has 1 aromatic rings. The SMILES string of the molecule is CCCc1nc(CCOC)ncc1C(=O)OCC. The van der Waals surface area contributed by atoms with Crippen LogP contribution in [-0.2, 0) is 22.3 Å². The summed E-state index contributed by atoms with van der Waals surface area (Å²) in [5.41, 5.74) is 1.23. The van der Waals surface area contributed by atoms with E-state index in [1.165, 1.54) is 0 Å². The van der Waals surface area contributed by atoms with Crippen molar-refractivity contribution in [3.05, 3.63) is 23.3 Å². The van der Waals surface area contributed by atoms with Gasteiger partial charge in [-0.3, -0.25) is 0 Å². The fraction of sp³-hybridized carbons (Fsp3) is 0.615. The summed E-state index contributed by atoms with van der Waals surface area (Å²) in [6.45, 7) is 4.76. The minimum Gasteiger partial charge on any atom is -0.462 e. The number of carbonyl (C=O) groups excluding carboxylic acids is 1. The van der Waals surface area contributed by atoms with E-state index < -0.39 is 0 Å². The largest absolute Gasteiger partial charge is 0.462 e. The van der Waals surface area contributed by atoms with Crippen molar-refractivity contribution in [2.24, 2.45) is 0 Å². The highest BCUT2D eigenvalue weighted by Gasteiger charge is 2.14. The number of rotatable bonds is 7. The van der Waals surface area contributed by atoms with Gasteiger partial charge in [-0.05, 0) is 13.3 Å². The van der Waals surface area contributed by atoms with Crippen LogP contribution in [0.15, 0.2) is 6.20 Å². The van der Waals surface area contributed by atoms with Gasteiger partial charge in [0.15, 0.2) is 0 Å². The Kier molecular flexibility index (Phi) is 6.28. The molecular weight excluding hydrogens is 232 g/mol. The molecule has 0 aliphatic heterocycles. The summed E-state index contributed by atoms with van der Waals surface area (Å²) in [6, 6.07) is 0. The van der Waals surface area contributed by atoms with Crippen molar-refractivity contribution in [3.8, 4) is 0 Å². The summed E-state index contributed by atoms with van der Waals surface area (Å²) in [6.07, 6.45) is 3.88. The molecule has 0 aliphatic carbocycles. The molecular formula is C13H20N2O3. The van der Waals surface area contributed by atoms with E-state index >= 15 is 0 Å². The second-order valence-electron chi connectivity index (χ2n) is 3.86. The molecule has 100 valence electrons. The van der Waals surface area contributed by atoms with Crippen LogP contribution in [0.3, 0.4) is 0 Å². The Morgan fingerprint density at radius 1 is 1.33 bits per heavy atom. The van der Waals surface area contributed by atoms with E-state index in [2.05, 4.69) is 9.97 Å². The fourth-order valence-electron chi connectivity index (χ4n) is 1.58. The Balaban J connectivity index is 2.92. The number of ether oxygens (including phenoxy) is 2. The van der Waals surface area contributed by atoms with Crippen molar-refractivity contribution < 1.29 is 14.3 Å². The zero-order valence-corrected chi connectivity index (χ0v) is 11.2. The highest BCUT2D eigenvalue weighted by molar-refractivity contribution is 5.90. The quantitative estimate of drug-likeness (QED) is 0.692. The maximum absolute atomic E-state index is 11.7. The standard InChI is InChI=1S/C13H20N2O3/c1-4-6-11-10(13(16)18-5-2)9-14-12(15-11)7-8-17-3/h9H,4-8H2,1-3H3. The number of hydrogen-bond donors (Lipinski definition) is 0. The molecule has 18 heavy (non-hydrogen) atoms. The van der Waals surface area contributed by atoms with Crippen LogP contribution >= 0.6 is 0 Å². The molecule has 1 aromatic heterocycles. The molecule has 1 heterocycles. The lowest BCUT2D eigenvalue weighted by Crippen LogP contribution is -2.13. The van der Waals surface area contributed by atoms with Crippen LogP contribution < -0.4 is 0 Å². The minimum absolute atomic E-state index is 0.348. The average molecular weight is 252 g/mol. The van der Waals surface area contributed by atoms with E-state index in [4.69, 9.17) is 9.47 Å². The first kappa shape index (κ1) is 14.6. The van der Waals surface area contributed by atoms with Crippen molar-refractivity contribution in [2.45, 2.75) is 33.1 Å². The average Bonchev–Trinajstić information content (AvgIpc) is 2.37. The van der Waals surface area contributed by atoms with Gasteiger partial charge in [0.05, 0.1) is 24.5 Å². The van der Waals surface area contributed by atoms with Crippen LogP contribution in [-0.4, -0.2) is 36.3 Å². The summed E-state index contributed by atoms with van der Waals surface area (Å²) < 4.78 is 9.98. The lowest BCUT2D eigenvalue weighted by molar-refractivity contribution is 0.0524. The number of aromatic nitrogens is 2. The summed E-state index contributed by atoms with van der Waals surface area (Å²) >= 11 is 0. The maximum atomic E-state index is 11.7. The summed E-state index contributed by atoms with van der Waals surface area (Å²) in [5.74, 6) is 0.354. The summed E-state index contributed by atoms with van der Waals surface area (Å²) in [7, 11) is 1.64. The van der Waals surface area contributed by atoms with Gasteiger partial charge < -0.3 is 9.47 Å². The smallest absolute Gasteiger partial charge is 0.341 e. The van der Waals surface area contributed by atoms with E-state index in [0.717, 1.165) is 18.5 Å². The number of aryl methyl sites for hydroxylation is 1. The molecule has 0 amide bonds. The highest BCUT2D eigenvalue weighted by atomic mass is 16.5. The first-order chi connectivity index (χ1) is 8.72. The third-order valence-electron chi connectivity index (χ3n) is 2.43. The van der Waals surface area contributed by atoms with Crippen molar-refractivity contribution >= 4 is 5.97 Å². The maximum Gasteiger partial charge on any atom is 0.341 e. The molecule has 5 heteroatoms. The second-order valence-corrected chi connectivity index (χ2v) is 3.86. The van der Waals surface area contributed by atoms with Gasteiger partial charge in [0.2, 0.25) is 0 Å². The molecule has 0 radical (unpaired) electrons. The molecule has 0 spiro atoms. The number of hydrogen-bond acceptors (Lipinski definition) is 5. The topological polar surface area (TPSA) is 61.3 Å². The number of nitrogens with zero attached hydrogens (tertiary/aromatic N) is 2. The lowest BCUT2D eigenvalue weighted by Gasteiger charge is -2.08. The normalized spacial score (nSPS) is 10.4. The molecule has 0 saturated heterocycles. The van der Waals surface area contributed by atoms with Gasteiger partial charge in [-0.15, -0.1) is 0 Å². The van der Waals surface area contributed by atoms with Crippen LogP contribution in [0.25, 0.3) is 0 Å². The van der Waals surface area contributed by atoms with E-state index in [1.54, 1.807) is 20.2 Å². The second kappa shape index (κ2) is 7.76. The van der Waals surface area contributed by atoms with Gasteiger partial charge >= 0.3 is 5.97 Å². The van der Waals surface area contributed by atoms with Crippen LogP contribution in [0.1, 0.15) is 42.1 Å². The van der Waals surface area contributed by atoms with Gasteiger partial charge in [-0.1, -0.05) is 13.3 Å². The molecule has 0 bridgehead atoms. The Morgan fingerprint density at radius 3 is 2.72 bits per heavy atom. The van der Waals surface area contributed by atoms with Gasteiger partial charge in [-0.2, -0.15) is 0 Å². The molecule has 0 fully saturated rings. The summed E-state index contributed by atoms with van der Waals surface area (Å²) in [4.78, 5) is 20.3. The molecule has 0 aliphatic rings. The predicted molar refractivity (Wildman–Crippen MR) is 67.6 cm³/mol. The van der Waals surface area contributed by atoms with Crippen LogP contribution in [0.5, 0.6) is 0 Å². The summed E-state index contributed by atoms with van der Waals surface area (Å²) in [5, 5.41) is 0. The molecule has 5 nitrogen and oxygen atoms in total.